The number of aryl methyl sites for hydroxylation is 1. The van der Waals surface area contributed by atoms with Crippen molar-refractivity contribution in [2.45, 2.75) is 26.2 Å². The van der Waals surface area contributed by atoms with Gasteiger partial charge in [-0.15, -0.1) is 11.3 Å². The van der Waals surface area contributed by atoms with Crippen LogP contribution in [0.2, 0.25) is 0 Å². The second-order valence-corrected chi connectivity index (χ2v) is 6.82. The van der Waals surface area contributed by atoms with Crippen LogP contribution in [-0.4, -0.2) is 51.3 Å². The molecule has 0 bridgehead atoms. The summed E-state index contributed by atoms with van der Waals surface area (Å²) in [4.78, 5) is 16.8. The van der Waals surface area contributed by atoms with E-state index in [-0.39, 0.29) is 5.91 Å². The third-order valence-electron chi connectivity index (χ3n) is 3.96. The molecule has 0 N–H and O–H groups in total. The highest BCUT2D eigenvalue weighted by Gasteiger charge is 2.23. The van der Waals surface area contributed by atoms with Crippen molar-refractivity contribution in [1.29, 1.82) is 0 Å². The maximum atomic E-state index is 12.7. The fourth-order valence-corrected chi connectivity index (χ4v) is 3.86. The van der Waals surface area contributed by atoms with Crippen LogP contribution < -0.4 is 0 Å². The number of ether oxygens (including phenoxy) is 2. The molecule has 0 spiro atoms. The number of hydrogen-bond acceptors (Lipinski definition) is 4. The van der Waals surface area contributed by atoms with Crippen molar-refractivity contribution in [3.05, 3.63) is 21.4 Å². The van der Waals surface area contributed by atoms with Gasteiger partial charge in [0.15, 0.2) is 0 Å². The van der Waals surface area contributed by atoms with Gasteiger partial charge in [0.25, 0.3) is 5.91 Å². The average molecular weight is 311 g/mol. The highest BCUT2D eigenvalue weighted by molar-refractivity contribution is 7.14. The fraction of sp³-hybridized carbons (Fsp3) is 0.688. The number of carbonyl (C=O) groups is 1. The minimum Gasteiger partial charge on any atom is -0.383 e. The molecule has 2 rings (SSSR count). The molecular weight excluding hydrogens is 286 g/mol. The van der Waals surface area contributed by atoms with Crippen molar-refractivity contribution in [3.8, 4) is 0 Å². The number of rotatable bonds is 7. The van der Waals surface area contributed by atoms with E-state index in [0.29, 0.717) is 26.3 Å². The number of carbonyl (C=O) groups excluding carboxylic acids is 1. The third kappa shape index (κ3) is 4.28. The van der Waals surface area contributed by atoms with Crippen LogP contribution in [0.1, 0.15) is 33.5 Å². The summed E-state index contributed by atoms with van der Waals surface area (Å²) in [6.07, 6.45) is 3.46. The zero-order chi connectivity index (χ0) is 15.2. The lowest BCUT2D eigenvalue weighted by Gasteiger charge is -2.21. The Bertz CT molecular complexity index is 464. The summed E-state index contributed by atoms with van der Waals surface area (Å²) >= 11 is 1.67. The van der Waals surface area contributed by atoms with Crippen molar-refractivity contribution in [3.63, 3.8) is 0 Å². The largest absolute Gasteiger partial charge is 0.383 e. The van der Waals surface area contributed by atoms with Gasteiger partial charge >= 0.3 is 0 Å². The molecule has 0 saturated heterocycles. The first-order valence-electron chi connectivity index (χ1n) is 7.54. The summed E-state index contributed by atoms with van der Waals surface area (Å²) in [6, 6.07) is 2.10. The van der Waals surface area contributed by atoms with Gasteiger partial charge in [0.2, 0.25) is 0 Å². The predicted molar refractivity (Wildman–Crippen MR) is 85.2 cm³/mol. The Kier molecular flexibility index (Phi) is 6.21. The first kappa shape index (κ1) is 16.5. The van der Waals surface area contributed by atoms with Crippen LogP contribution in [0.4, 0.5) is 0 Å². The molecule has 1 aliphatic rings. The maximum absolute atomic E-state index is 12.7. The highest BCUT2D eigenvalue weighted by Crippen LogP contribution is 2.32. The third-order valence-corrected chi connectivity index (χ3v) is 5.18. The van der Waals surface area contributed by atoms with Crippen LogP contribution in [0.25, 0.3) is 0 Å². The number of methoxy groups -OCH3 is 2. The molecule has 1 aliphatic carbocycles. The SMILES string of the molecule is COCCN(CCOC)C(=O)c1cc2c(s1)CC[C@H](C)C2. The topological polar surface area (TPSA) is 38.8 Å². The van der Waals surface area contributed by atoms with Gasteiger partial charge in [-0.1, -0.05) is 6.92 Å². The van der Waals surface area contributed by atoms with E-state index in [0.717, 1.165) is 23.6 Å². The molecule has 0 aromatic carbocycles. The molecule has 4 nitrogen and oxygen atoms in total. The highest BCUT2D eigenvalue weighted by atomic mass is 32.1. The molecule has 1 atom stereocenters. The minimum atomic E-state index is 0.108. The van der Waals surface area contributed by atoms with E-state index in [9.17, 15) is 4.79 Å². The van der Waals surface area contributed by atoms with Gasteiger partial charge in [-0.25, -0.2) is 0 Å². The summed E-state index contributed by atoms with van der Waals surface area (Å²) in [5.41, 5.74) is 1.38. The Balaban J connectivity index is 2.08. The normalized spacial score (nSPS) is 17.6. The van der Waals surface area contributed by atoms with Crippen LogP contribution in [-0.2, 0) is 22.3 Å². The van der Waals surface area contributed by atoms with Gasteiger partial charge in [-0.2, -0.15) is 0 Å². The van der Waals surface area contributed by atoms with Crippen LogP contribution in [0.3, 0.4) is 0 Å². The van der Waals surface area contributed by atoms with Crippen LogP contribution in [0.5, 0.6) is 0 Å². The van der Waals surface area contributed by atoms with E-state index in [1.54, 1.807) is 25.6 Å². The molecule has 1 heterocycles. The molecule has 5 heteroatoms. The minimum absolute atomic E-state index is 0.108. The van der Waals surface area contributed by atoms with Crippen molar-refractivity contribution in [2.24, 2.45) is 5.92 Å². The average Bonchev–Trinajstić information content (AvgIpc) is 2.89. The van der Waals surface area contributed by atoms with E-state index < -0.39 is 0 Å². The standard InChI is InChI=1S/C16H25NO3S/c1-12-4-5-14-13(10-12)11-15(21-14)16(18)17(6-8-19-2)7-9-20-3/h11-12H,4-10H2,1-3H3/t12-/m0/s1. The van der Waals surface area contributed by atoms with E-state index in [1.807, 2.05) is 4.90 Å². The summed E-state index contributed by atoms with van der Waals surface area (Å²) in [5, 5.41) is 0. The lowest BCUT2D eigenvalue weighted by atomic mass is 9.90. The van der Waals surface area contributed by atoms with Gasteiger partial charge in [0.05, 0.1) is 18.1 Å². The van der Waals surface area contributed by atoms with Crippen LogP contribution in [0.15, 0.2) is 6.07 Å². The molecule has 118 valence electrons. The number of hydrogen-bond donors (Lipinski definition) is 0. The van der Waals surface area contributed by atoms with Crippen molar-refractivity contribution in [2.75, 3.05) is 40.5 Å². The summed E-state index contributed by atoms with van der Waals surface area (Å²) in [5.74, 6) is 0.837. The van der Waals surface area contributed by atoms with Gasteiger partial charge in [0, 0.05) is 32.2 Å². The van der Waals surface area contributed by atoms with Crippen molar-refractivity contribution in [1.82, 2.24) is 4.90 Å². The predicted octanol–water partition coefficient (Wildman–Crippen LogP) is 2.61. The summed E-state index contributed by atoms with van der Waals surface area (Å²) < 4.78 is 10.2. The molecule has 21 heavy (non-hydrogen) atoms. The van der Waals surface area contributed by atoms with Gasteiger partial charge in [-0.05, 0) is 36.8 Å². The van der Waals surface area contributed by atoms with Crippen molar-refractivity contribution >= 4 is 17.2 Å². The number of nitrogens with zero attached hydrogens (tertiary/aromatic N) is 1. The number of thiophene rings is 1. The molecule has 0 aliphatic heterocycles. The van der Waals surface area contributed by atoms with E-state index in [4.69, 9.17) is 9.47 Å². The quantitative estimate of drug-likeness (QED) is 0.777. The molecular formula is C16H25NO3S. The second kappa shape index (κ2) is 7.92. The summed E-state index contributed by atoms with van der Waals surface area (Å²) in [6.45, 7) is 4.61. The first-order chi connectivity index (χ1) is 10.2. The Labute approximate surface area is 131 Å². The Morgan fingerprint density at radius 1 is 1.33 bits per heavy atom. The van der Waals surface area contributed by atoms with Crippen LogP contribution in [0, 0.1) is 5.92 Å². The van der Waals surface area contributed by atoms with E-state index >= 15 is 0 Å². The molecule has 0 unspecified atom stereocenters. The van der Waals surface area contributed by atoms with Gasteiger partial charge in [-0.3, -0.25) is 4.79 Å². The Morgan fingerprint density at radius 2 is 2.00 bits per heavy atom. The summed E-state index contributed by atoms with van der Waals surface area (Å²) in [7, 11) is 3.31. The molecule has 0 radical (unpaired) electrons. The zero-order valence-electron chi connectivity index (χ0n) is 13.2. The number of amides is 1. The maximum Gasteiger partial charge on any atom is 0.264 e. The molecule has 0 saturated carbocycles. The zero-order valence-corrected chi connectivity index (χ0v) is 14.0. The molecule has 1 aromatic rings. The van der Waals surface area contributed by atoms with Crippen LogP contribution >= 0.6 is 11.3 Å². The van der Waals surface area contributed by atoms with E-state index in [1.165, 1.54) is 16.9 Å². The van der Waals surface area contributed by atoms with Gasteiger partial charge in [0.1, 0.15) is 0 Å². The lowest BCUT2D eigenvalue weighted by Crippen LogP contribution is -2.36. The Hall–Kier alpha value is -0.910. The molecule has 1 aromatic heterocycles. The van der Waals surface area contributed by atoms with E-state index in [2.05, 4.69) is 13.0 Å². The monoisotopic (exact) mass is 311 g/mol. The molecule has 1 amide bonds. The second-order valence-electron chi connectivity index (χ2n) is 5.68. The lowest BCUT2D eigenvalue weighted by molar-refractivity contribution is 0.0632. The molecule has 0 fully saturated rings. The van der Waals surface area contributed by atoms with Crippen molar-refractivity contribution < 1.29 is 14.3 Å². The first-order valence-corrected chi connectivity index (χ1v) is 8.36. The Morgan fingerprint density at radius 3 is 2.62 bits per heavy atom. The fourth-order valence-electron chi connectivity index (χ4n) is 2.68. The smallest absolute Gasteiger partial charge is 0.264 e. The number of fused-ring (bicyclic) bond motifs is 1. The van der Waals surface area contributed by atoms with Gasteiger partial charge < -0.3 is 14.4 Å².